The van der Waals surface area contributed by atoms with Crippen molar-refractivity contribution in [2.24, 2.45) is 47.3 Å². The van der Waals surface area contributed by atoms with Crippen LogP contribution in [0.1, 0.15) is 91.4 Å². The van der Waals surface area contributed by atoms with E-state index >= 15 is 0 Å². The molecule has 0 N–H and O–H groups in total. The van der Waals surface area contributed by atoms with Gasteiger partial charge in [-0.15, -0.1) is 0 Å². The second-order valence-corrected chi connectivity index (χ2v) is 12.7. The summed E-state index contributed by atoms with van der Waals surface area (Å²) in [6, 6.07) is 0. The summed E-state index contributed by atoms with van der Waals surface area (Å²) in [5.74, 6) is 9.55. The van der Waals surface area contributed by atoms with Gasteiger partial charge in [0.1, 0.15) is 0 Å². The zero-order valence-electron chi connectivity index (χ0n) is 18.1. The van der Waals surface area contributed by atoms with Crippen molar-refractivity contribution in [1.29, 1.82) is 0 Å². The van der Waals surface area contributed by atoms with E-state index in [4.69, 9.17) is 12.6 Å². The number of hydrogen-bond acceptors (Lipinski definition) is 2. The molecule has 0 aromatic rings. The molecule has 9 unspecified atom stereocenters. The molecule has 2 heteroatoms. The fourth-order valence-electron chi connectivity index (χ4n) is 7.85. The molecule has 0 spiro atoms. The zero-order chi connectivity index (χ0) is 19.0. The Kier molecular flexibility index (Phi) is 7.17. The molecule has 0 nitrogen and oxygen atoms in total. The molecule has 0 aromatic carbocycles. The lowest BCUT2D eigenvalue weighted by Crippen LogP contribution is -2.46. The van der Waals surface area contributed by atoms with Crippen LogP contribution in [0.15, 0.2) is 0 Å². The maximum atomic E-state index is 5.20. The summed E-state index contributed by atoms with van der Waals surface area (Å²) in [6.45, 7) is 7.19. The Bertz CT molecular complexity index is 475. The minimum absolute atomic E-state index is 0.655. The van der Waals surface area contributed by atoms with E-state index < -0.39 is 0 Å². The van der Waals surface area contributed by atoms with Crippen LogP contribution in [-0.2, 0) is 0 Å². The van der Waals surface area contributed by atoms with Crippen molar-refractivity contribution in [2.75, 3.05) is 5.75 Å². The van der Waals surface area contributed by atoms with Gasteiger partial charge in [-0.1, -0.05) is 46.5 Å². The molecule has 1 saturated heterocycles. The van der Waals surface area contributed by atoms with Crippen LogP contribution in [0.25, 0.3) is 0 Å². The van der Waals surface area contributed by atoms with Gasteiger partial charge in [-0.25, -0.2) is 0 Å². The van der Waals surface area contributed by atoms with Crippen molar-refractivity contribution in [3.63, 3.8) is 0 Å². The minimum atomic E-state index is 0.655. The predicted molar refractivity (Wildman–Crippen MR) is 125 cm³/mol. The molecule has 156 valence electrons. The van der Waals surface area contributed by atoms with E-state index in [2.05, 4.69) is 32.5 Å². The van der Waals surface area contributed by atoms with Gasteiger partial charge in [-0.3, -0.25) is 0 Å². The molecule has 9 atom stereocenters. The van der Waals surface area contributed by atoms with E-state index in [0.717, 1.165) is 52.6 Å². The molecule has 27 heavy (non-hydrogen) atoms. The molecule has 4 aliphatic rings. The Morgan fingerprint density at radius 3 is 2.41 bits per heavy atom. The van der Waals surface area contributed by atoms with Gasteiger partial charge < -0.3 is 0 Å². The van der Waals surface area contributed by atoms with Crippen molar-refractivity contribution in [3.05, 3.63) is 0 Å². The van der Waals surface area contributed by atoms with Crippen LogP contribution in [0.3, 0.4) is 0 Å². The van der Waals surface area contributed by atoms with Gasteiger partial charge in [0.05, 0.1) is 0 Å². The van der Waals surface area contributed by atoms with Crippen molar-refractivity contribution >= 4 is 24.4 Å². The lowest BCUT2D eigenvalue weighted by Gasteiger charge is -2.52. The Morgan fingerprint density at radius 2 is 1.63 bits per heavy atom. The molecule has 4 rings (SSSR count). The topological polar surface area (TPSA) is 0 Å². The van der Waals surface area contributed by atoms with Crippen molar-refractivity contribution in [3.8, 4) is 0 Å². The van der Waals surface area contributed by atoms with E-state index in [1.54, 1.807) is 25.7 Å². The largest absolute Gasteiger partial charge is 0.176 e. The Labute approximate surface area is 179 Å². The second kappa shape index (κ2) is 9.23. The maximum Gasteiger partial charge on any atom is 0.0117 e. The molecule has 3 aliphatic carbocycles. The van der Waals surface area contributed by atoms with Gasteiger partial charge in [0.15, 0.2) is 0 Å². The van der Waals surface area contributed by atoms with E-state index in [1.807, 2.05) is 0 Å². The molecule has 4 fully saturated rings. The summed E-state index contributed by atoms with van der Waals surface area (Å²) >= 11 is 7.61. The van der Waals surface area contributed by atoms with Crippen LogP contribution in [0.5, 0.6) is 0 Å². The van der Waals surface area contributed by atoms with Crippen molar-refractivity contribution in [2.45, 2.75) is 102 Å². The lowest BCUT2D eigenvalue weighted by atomic mass is 9.59. The third kappa shape index (κ3) is 4.28. The Balaban J connectivity index is 1.36. The van der Waals surface area contributed by atoms with Gasteiger partial charge in [-0.2, -0.15) is 24.4 Å². The smallest absolute Gasteiger partial charge is 0.0117 e. The second-order valence-electron chi connectivity index (χ2n) is 10.9. The number of fused-ring (bicyclic) bond motifs is 5. The van der Waals surface area contributed by atoms with Crippen LogP contribution in [0.4, 0.5) is 0 Å². The lowest BCUT2D eigenvalue weighted by molar-refractivity contribution is 0.0357. The molecular formula is C25H44S2. The quantitative estimate of drug-likeness (QED) is 0.439. The van der Waals surface area contributed by atoms with Crippen LogP contribution in [0, 0.1) is 47.3 Å². The molecular weight excluding hydrogens is 364 g/mol. The zero-order valence-corrected chi connectivity index (χ0v) is 19.8. The molecule has 0 aromatic heterocycles. The van der Waals surface area contributed by atoms with Crippen LogP contribution < -0.4 is 0 Å². The fourth-order valence-corrected chi connectivity index (χ4v) is 10.5. The highest BCUT2D eigenvalue weighted by Crippen LogP contribution is 2.59. The van der Waals surface area contributed by atoms with E-state index in [9.17, 15) is 0 Å². The number of thioether (sulfide) groups is 1. The monoisotopic (exact) mass is 408 g/mol. The van der Waals surface area contributed by atoms with E-state index in [-0.39, 0.29) is 0 Å². The first-order valence-corrected chi connectivity index (χ1v) is 14.0. The van der Waals surface area contributed by atoms with E-state index in [1.165, 1.54) is 50.7 Å². The molecule has 1 aliphatic heterocycles. The van der Waals surface area contributed by atoms with Gasteiger partial charge >= 0.3 is 0 Å². The Hall–Kier alpha value is 0.700. The molecule has 0 amide bonds. The number of hydrogen-bond donors (Lipinski definition) is 1. The summed E-state index contributed by atoms with van der Waals surface area (Å²) in [5.41, 5.74) is 0. The molecule has 0 bridgehead atoms. The normalized spacial score (nSPS) is 43.7. The Morgan fingerprint density at radius 1 is 0.852 bits per heavy atom. The van der Waals surface area contributed by atoms with Crippen molar-refractivity contribution < 1.29 is 0 Å². The van der Waals surface area contributed by atoms with Crippen molar-refractivity contribution in [1.82, 2.24) is 0 Å². The van der Waals surface area contributed by atoms with E-state index in [0.29, 0.717) is 5.25 Å². The van der Waals surface area contributed by atoms with Crippen LogP contribution in [0.2, 0.25) is 0 Å². The first-order chi connectivity index (χ1) is 13.1. The average Bonchev–Trinajstić information content (AvgIpc) is 3.12. The van der Waals surface area contributed by atoms with Gasteiger partial charge in [-0.05, 0) is 98.0 Å². The predicted octanol–water partition coefficient (Wildman–Crippen LogP) is 7.72. The van der Waals surface area contributed by atoms with Gasteiger partial charge in [0.2, 0.25) is 0 Å². The average molecular weight is 409 g/mol. The third-order valence-electron chi connectivity index (χ3n) is 9.44. The fraction of sp³-hybridized carbons (Fsp3) is 1.00. The standard InChI is InChI=1S/C25H44S2/c1-4-17(16(2)3)10-14-24(26)22-13-12-21-20-11-9-18-7-5-6-8-19(18)23(20)15-27-25(21)22/h16-26H,4-15H2,1-3H3. The highest BCUT2D eigenvalue weighted by Gasteiger charge is 2.52. The van der Waals surface area contributed by atoms with Crippen LogP contribution >= 0.6 is 24.4 Å². The number of thiol groups is 1. The van der Waals surface area contributed by atoms with Gasteiger partial charge in [0.25, 0.3) is 0 Å². The third-order valence-corrected chi connectivity index (χ3v) is 11.7. The molecule has 0 radical (unpaired) electrons. The van der Waals surface area contributed by atoms with Crippen LogP contribution in [-0.4, -0.2) is 16.3 Å². The first kappa shape index (κ1) is 21.0. The minimum Gasteiger partial charge on any atom is -0.176 e. The summed E-state index contributed by atoms with van der Waals surface area (Å²) in [4.78, 5) is 0. The summed E-state index contributed by atoms with van der Waals surface area (Å²) < 4.78 is 0. The summed E-state index contributed by atoms with van der Waals surface area (Å²) in [6.07, 6.45) is 16.4. The summed E-state index contributed by atoms with van der Waals surface area (Å²) in [7, 11) is 0. The molecule has 3 saturated carbocycles. The molecule has 1 heterocycles. The SMILES string of the molecule is CCC(CCC(S)C1CCC2C3CCC4CCCCC4C3CSC12)C(C)C. The summed E-state index contributed by atoms with van der Waals surface area (Å²) in [5, 5.41) is 1.61. The maximum absolute atomic E-state index is 5.20. The highest BCUT2D eigenvalue weighted by molar-refractivity contribution is 8.00. The van der Waals surface area contributed by atoms with Gasteiger partial charge in [0, 0.05) is 10.5 Å². The first-order valence-electron chi connectivity index (χ1n) is 12.4. The number of rotatable bonds is 6. The highest BCUT2D eigenvalue weighted by atomic mass is 32.2.